The zero-order valence-corrected chi connectivity index (χ0v) is 18.1. The summed E-state index contributed by atoms with van der Waals surface area (Å²) in [7, 11) is 0. The smallest absolute Gasteiger partial charge is 0.338 e. The topological polar surface area (TPSA) is 64.1 Å². The minimum Gasteiger partial charge on any atom is -0.462 e. The Labute approximate surface area is 185 Å². The molecule has 30 heavy (non-hydrogen) atoms. The number of nitrogens with one attached hydrogen (secondary N) is 1. The first-order valence-corrected chi connectivity index (χ1v) is 10.5. The van der Waals surface area contributed by atoms with Gasteiger partial charge in [-0.05, 0) is 36.2 Å². The summed E-state index contributed by atoms with van der Waals surface area (Å²) in [6, 6.07) is 17.5. The van der Waals surface area contributed by atoms with Crippen LogP contribution in [0.3, 0.4) is 0 Å². The van der Waals surface area contributed by atoms with Crippen LogP contribution in [0.25, 0.3) is 21.3 Å². The average molecular weight is 440 g/mol. The fourth-order valence-electron chi connectivity index (χ4n) is 3.02. The number of esters is 1. The van der Waals surface area contributed by atoms with Gasteiger partial charge in [-0.3, -0.25) is 0 Å². The molecule has 154 valence electrons. The summed E-state index contributed by atoms with van der Waals surface area (Å²) in [6.07, 6.45) is 3.44. The van der Waals surface area contributed by atoms with Gasteiger partial charge in [0.2, 0.25) is 0 Å². The molecule has 1 N–H and O–H groups in total. The van der Waals surface area contributed by atoms with Gasteiger partial charge in [0.15, 0.2) is 0 Å². The molecular weight excluding hydrogens is 418 g/mol. The molecule has 0 saturated carbocycles. The molecule has 0 bridgehead atoms. The lowest BCUT2D eigenvalue weighted by molar-refractivity contribution is 0.0500. The van der Waals surface area contributed by atoms with Crippen LogP contribution >= 0.6 is 23.7 Å². The summed E-state index contributed by atoms with van der Waals surface area (Å²) in [5, 5.41) is 6.46. The van der Waals surface area contributed by atoms with Crippen molar-refractivity contribution >= 4 is 51.4 Å². The van der Waals surface area contributed by atoms with E-state index in [2.05, 4.69) is 39.7 Å². The minimum absolute atomic E-state index is 0. The molecule has 0 aliphatic carbocycles. The lowest BCUT2D eigenvalue weighted by Gasteiger charge is -2.09. The highest BCUT2D eigenvalue weighted by Crippen LogP contribution is 2.37. The number of unbranched alkanes of at least 4 members (excludes halogenated alkanes) is 1. The third-order valence-electron chi connectivity index (χ3n) is 4.57. The number of hydrogen-bond donors (Lipinski definition) is 1. The molecule has 2 aromatic heterocycles. The Kier molecular flexibility index (Phi) is 7.38. The Hall–Kier alpha value is -2.96. The van der Waals surface area contributed by atoms with Crippen molar-refractivity contribution in [1.82, 2.24) is 9.97 Å². The van der Waals surface area contributed by atoms with E-state index in [1.54, 1.807) is 29.8 Å². The summed E-state index contributed by atoms with van der Waals surface area (Å²) in [5.74, 6) is 0.451. The maximum absolute atomic E-state index is 12.1. The number of rotatable bonds is 7. The molecule has 0 saturated heterocycles. The number of anilines is 2. The first-order valence-electron chi connectivity index (χ1n) is 9.58. The van der Waals surface area contributed by atoms with Gasteiger partial charge < -0.3 is 10.1 Å². The van der Waals surface area contributed by atoms with Crippen LogP contribution in [-0.4, -0.2) is 22.5 Å². The van der Waals surface area contributed by atoms with Gasteiger partial charge in [0.25, 0.3) is 0 Å². The standard InChI is InChI=1S/C23H21N3O2S.ClH/c1-2-3-13-28-23(27)17-9-11-18(12-10-17)26-21-20-19(16-7-5-4-6-8-16)14-29-22(20)25-15-24-21;/h4-12,14-15H,2-3,13H2,1H3,(H,24,25,26);1H. The van der Waals surface area contributed by atoms with Crippen molar-refractivity contribution in [2.75, 3.05) is 11.9 Å². The largest absolute Gasteiger partial charge is 0.462 e. The summed E-state index contributed by atoms with van der Waals surface area (Å²) < 4.78 is 5.26. The molecule has 0 fully saturated rings. The van der Waals surface area contributed by atoms with Crippen molar-refractivity contribution in [1.29, 1.82) is 0 Å². The van der Waals surface area contributed by atoms with Crippen LogP contribution in [0.1, 0.15) is 30.1 Å². The van der Waals surface area contributed by atoms with Crippen molar-refractivity contribution in [2.24, 2.45) is 0 Å². The molecule has 0 atom stereocenters. The third-order valence-corrected chi connectivity index (χ3v) is 5.46. The predicted octanol–water partition coefficient (Wildman–Crippen LogP) is 6.48. The monoisotopic (exact) mass is 439 g/mol. The van der Waals surface area contributed by atoms with Gasteiger partial charge in [-0.2, -0.15) is 0 Å². The SMILES string of the molecule is CCCCOC(=O)c1ccc(Nc2ncnc3scc(-c4ccccc4)c23)cc1.Cl. The third kappa shape index (κ3) is 4.78. The summed E-state index contributed by atoms with van der Waals surface area (Å²) in [4.78, 5) is 21.9. The molecule has 0 unspecified atom stereocenters. The quantitative estimate of drug-likeness (QED) is 0.263. The number of carbonyl (C=O) groups excluding carboxylic acids is 1. The zero-order chi connectivity index (χ0) is 20.1. The summed E-state index contributed by atoms with van der Waals surface area (Å²) in [5.41, 5.74) is 3.62. The number of thiophene rings is 1. The summed E-state index contributed by atoms with van der Waals surface area (Å²) >= 11 is 1.60. The fraction of sp³-hybridized carbons (Fsp3) is 0.174. The van der Waals surface area contributed by atoms with Crippen molar-refractivity contribution in [3.05, 3.63) is 71.9 Å². The van der Waals surface area contributed by atoms with E-state index in [-0.39, 0.29) is 18.4 Å². The highest BCUT2D eigenvalue weighted by atomic mass is 35.5. The van der Waals surface area contributed by atoms with Crippen LogP contribution in [0.2, 0.25) is 0 Å². The molecule has 0 aliphatic rings. The number of fused-ring (bicyclic) bond motifs is 1. The van der Waals surface area contributed by atoms with Crippen LogP contribution in [-0.2, 0) is 4.74 Å². The van der Waals surface area contributed by atoms with Gasteiger partial charge in [0.05, 0.1) is 17.6 Å². The van der Waals surface area contributed by atoms with Gasteiger partial charge >= 0.3 is 5.97 Å². The number of aromatic nitrogens is 2. The van der Waals surface area contributed by atoms with Gasteiger partial charge in [0, 0.05) is 16.6 Å². The van der Waals surface area contributed by atoms with Gasteiger partial charge in [0.1, 0.15) is 17.0 Å². The van der Waals surface area contributed by atoms with E-state index in [0.29, 0.717) is 12.2 Å². The molecule has 0 amide bonds. The maximum Gasteiger partial charge on any atom is 0.338 e. The van der Waals surface area contributed by atoms with E-state index in [0.717, 1.165) is 45.7 Å². The number of benzene rings is 2. The molecule has 0 aliphatic heterocycles. The molecule has 7 heteroatoms. The molecule has 0 radical (unpaired) electrons. The Balaban J connectivity index is 0.00000256. The Bertz CT molecular complexity index is 1110. The Morgan fingerprint density at radius 1 is 1.07 bits per heavy atom. The van der Waals surface area contributed by atoms with Crippen LogP contribution in [0.5, 0.6) is 0 Å². The van der Waals surface area contributed by atoms with Gasteiger partial charge in [-0.1, -0.05) is 43.7 Å². The van der Waals surface area contributed by atoms with Crippen molar-refractivity contribution < 1.29 is 9.53 Å². The van der Waals surface area contributed by atoms with E-state index in [1.807, 2.05) is 30.3 Å². The highest BCUT2D eigenvalue weighted by molar-refractivity contribution is 7.17. The summed E-state index contributed by atoms with van der Waals surface area (Å²) in [6.45, 7) is 2.52. The van der Waals surface area contributed by atoms with E-state index in [9.17, 15) is 4.79 Å². The lowest BCUT2D eigenvalue weighted by Crippen LogP contribution is -2.06. The van der Waals surface area contributed by atoms with Gasteiger partial charge in [-0.25, -0.2) is 14.8 Å². The lowest BCUT2D eigenvalue weighted by atomic mass is 10.1. The van der Waals surface area contributed by atoms with Crippen LogP contribution in [0, 0.1) is 0 Å². The first kappa shape index (κ1) is 21.7. The normalized spacial score (nSPS) is 10.4. The van der Waals surface area contributed by atoms with Crippen molar-refractivity contribution in [3.8, 4) is 11.1 Å². The molecular formula is C23H22ClN3O2S. The second-order valence-corrected chi connectivity index (χ2v) is 7.47. The van der Waals surface area contributed by atoms with E-state index < -0.39 is 0 Å². The Morgan fingerprint density at radius 2 is 1.83 bits per heavy atom. The van der Waals surface area contributed by atoms with Crippen LogP contribution < -0.4 is 5.32 Å². The van der Waals surface area contributed by atoms with Gasteiger partial charge in [-0.15, -0.1) is 23.7 Å². The van der Waals surface area contributed by atoms with Crippen LogP contribution in [0.4, 0.5) is 11.5 Å². The second kappa shape index (κ2) is 10.2. The number of ether oxygens (including phenoxy) is 1. The van der Waals surface area contributed by atoms with E-state index in [4.69, 9.17) is 4.74 Å². The number of halogens is 1. The van der Waals surface area contributed by atoms with E-state index in [1.165, 1.54) is 0 Å². The first-order chi connectivity index (χ1) is 14.3. The minimum atomic E-state index is -0.293. The zero-order valence-electron chi connectivity index (χ0n) is 16.5. The second-order valence-electron chi connectivity index (χ2n) is 6.61. The van der Waals surface area contributed by atoms with Crippen molar-refractivity contribution in [3.63, 3.8) is 0 Å². The molecule has 5 nitrogen and oxygen atoms in total. The predicted molar refractivity (Wildman–Crippen MR) is 125 cm³/mol. The number of hydrogen-bond acceptors (Lipinski definition) is 6. The van der Waals surface area contributed by atoms with E-state index >= 15 is 0 Å². The molecule has 0 spiro atoms. The van der Waals surface area contributed by atoms with Crippen LogP contribution in [0.15, 0.2) is 66.3 Å². The molecule has 2 aromatic carbocycles. The molecule has 4 aromatic rings. The highest BCUT2D eigenvalue weighted by Gasteiger charge is 2.13. The number of nitrogens with zero attached hydrogens (tertiary/aromatic N) is 2. The molecule has 4 rings (SSSR count). The fourth-order valence-corrected chi connectivity index (χ4v) is 3.93. The Morgan fingerprint density at radius 3 is 2.57 bits per heavy atom. The molecule has 2 heterocycles. The van der Waals surface area contributed by atoms with Crippen molar-refractivity contribution in [2.45, 2.75) is 19.8 Å². The number of carbonyl (C=O) groups is 1. The maximum atomic E-state index is 12.1. The average Bonchev–Trinajstić information content (AvgIpc) is 3.20.